The van der Waals surface area contributed by atoms with Gasteiger partial charge in [-0.2, -0.15) is 0 Å². The summed E-state index contributed by atoms with van der Waals surface area (Å²) in [4.78, 5) is 37.7. The lowest BCUT2D eigenvalue weighted by Crippen LogP contribution is -2.54. The van der Waals surface area contributed by atoms with Crippen LogP contribution in [0, 0.1) is 6.92 Å². The first-order valence-corrected chi connectivity index (χ1v) is 7.57. The van der Waals surface area contributed by atoms with Crippen molar-refractivity contribution in [2.75, 3.05) is 4.90 Å². The van der Waals surface area contributed by atoms with Gasteiger partial charge in [0.2, 0.25) is 0 Å². The summed E-state index contributed by atoms with van der Waals surface area (Å²) in [6, 6.07) is 12.8. The summed E-state index contributed by atoms with van der Waals surface area (Å²) in [5.74, 6) is -1.38. The van der Waals surface area contributed by atoms with Gasteiger partial charge in [-0.1, -0.05) is 41.4 Å². The van der Waals surface area contributed by atoms with Crippen molar-refractivity contribution >= 4 is 41.2 Å². The van der Waals surface area contributed by atoms with Crippen molar-refractivity contribution < 1.29 is 14.4 Å². The predicted octanol–water partition coefficient (Wildman–Crippen LogP) is 3.31. The van der Waals surface area contributed by atoms with Gasteiger partial charge in [0, 0.05) is 5.02 Å². The first-order valence-electron chi connectivity index (χ1n) is 7.19. The third kappa shape index (κ3) is 3.07. The van der Waals surface area contributed by atoms with Crippen LogP contribution in [0.3, 0.4) is 0 Å². The fraction of sp³-hybridized carbons (Fsp3) is 0.0556. The van der Waals surface area contributed by atoms with E-state index in [1.807, 2.05) is 6.92 Å². The Kier molecular flexibility index (Phi) is 4.18. The highest BCUT2D eigenvalue weighted by molar-refractivity contribution is 6.39. The summed E-state index contributed by atoms with van der Waals surface area (Å²) in [5.41, 5.74) is 1.92. The molecule has 0 saturated carbocycles. The van der Waals surface area contributed by atoms with E-state index in [0.717, 1.165) is 10.5 Å². The molecule has 0 atom stereocenters. The second-order valence-electron chi connectivity index (χ2n) is 5.34. The normalized spacial score (nSPS) is 16.5. The highest BCUT2D eigenvalue weighted by Gasteiger charge is 2.36. The van der Waals surface area contributed by atoms with Crippen LogP contribution in [0.1, 0.15) is 11.1 Å². The molecule has 6 heteroatoms. The molecule has 1 fully saturated rings. The minimum atomic E-state index is -0.762. The van der Waals surface area contributed by atoms with Crippen LogP contribution in [0.4, 0.5) is 10.5 Å². The van der Waals surface area contributed by atoms with Crippen LogP contribution in [-0.4, -0.2) is 17.8 Å². The standard InChI is InChI=1S/C18H13ClN2O3/c1-11-2-8-14(9-3-11)21-17(23)15(16(22)20-18(21)24)10-12-4-6-13(19)7-5-12/h2-10H,1H3,(H,20,22,24)/b15-10+. The van der Waals surface area contributed by atoms with Gasteiger partial charge in [-0.15, -0.1) is 0 Å². The largest absolute Gasteiger partial charge is 0.335 e. The van der Waals surface area contributed by atoms with Gasteiger partial charge in [-0.3, -0.25) is 14.9 Å². The molecule has 3 rings (SSSR count). The maximum absolute atomic E-state index is 12.7. The summed E-state index contributed by atoms with van der Waals surface area (Å²) in [6.45, 7) is 1.90. The fourth-order valence-corrected chi connectivity index (χ4v) is 2.44. The van der Waals surface area contributed by atoms with Crippen LogP contribution in [0.15, 0.2) is 54.1 Å². The van der Waals surface area contributed by atoms with Crippen molar-refractivity contribution in [2.24, 2.45) is 0 Å². The van der Waals surface area contributed by atoms with Gasteiger partial charge < -0.3 is 0 Å². The third-order valence-electron chi connectivity index (χ3n) is 3.57. The van der Waals surface area contributed by atoms with E-state index in [1.54, 1.807) is 48.5 Å². The molecule has 1 aliphatic heterocycles. The van der Waals surface area contributed by atoms with Gasteiger partial charge in [0.1, 0.15) is 5.57 Å². The summed E-state index contributed by atoms with van der Waals surface area (Å²) in [6.07, 6.45) is 1.43. The van der Waals surface area contributed by atoms with Crippen LogP contribution in [0.5, 0.6) is 0 Å². The van der Waals surface area contributed by atoms with Crippen molar-refractivity contribution in [3.8, 4) is 0 Å². The quantitative estimate of drug-likeness (QED) is 0.673. The second kappa shape index (κ2) is 6.29. The van der Waals surface area contributed by atoms with Gasteiger partial charge >= 0.3 is 6.03 Å². The predicted molar refractivity (Wildman–Crippen MR) is 91.6 cm³/mol. The smallest absolute Gasteiger partial charge is 0.273 e. The molecule has 0 spiro atoms. The number of rotatable bonds is 2. The van der Waals surface area contributed by atoms with Gasteiger partial charge in [0.15, 0.2) is 0 Å². The van der Waals surface area contributed by atoms with Gasteiger partial charge in [0.25, 0.3) is 11.8 Å². The molecule has 0 bridgehead atoms. The molecule has 2 aromatic carbocycles. The SMILES string of the molecule is Cc1ccc(N2C(=O)NC(=O)/C(=C\c3ccc(Cl)cc3)C2=O)cc1. The lowest BCUT2D eigenvalue weighted by molar-refractivity contribution is -0.122. The highest BCUT2D eigenvalue weighted by Crippen LogP contribution is 2.22. The number of amides is 4. The van der Waals surface area contributed by atoms with Crippen molar-refractivity contribution in [1.82, 2.24) is 5.32 Å². The Hall–Kier alpha value is -2.92. The first kappa shape index (κ1) is 16.0. The number of anilines is 1. The number of nitrogens with zero attached hydrogens (tertiary/aromatic N) is 1. The molecule has 0 unspecified atom stereocenters. The number of aryl methyl sites for hydroxylation is 1. The van der Waals surface area contributed by atoms with E-state index < -0.39 is 17.8 Å². The van der Waals surface area contributed by atoms with Crippen LogP contribution in [0.25, 0.3) is 6.08 Å². The topological polar surface area (TPSA) is 66.5 Å². The zero-order chi connectivity index (χ0) is 17.3. The van der Waals surface area contributed by atoms with E-state index in [0.29, 0.717) is 16.3 Å². The molecule has 0 aliphatic carbocycles. The molecule has 24 heavy (non-hydrogen) atoms. The Labute approximate surface area is 143 Å². The number of nitrogens with one attached hydrogen (secondary N) is 1. The molecule has 4 amide bonds. The van der Waals surface area contributed by atoms with Crippen LogP contribution in [0.2, 0.25) is 5.02 Å². The fourth-order valence-electron chi connectivity index (χ4n) is 2.31. The van der Waals surface area contributed by atoms with E-state index in [9.17, 15) is 14.4 Å². The molecule has 2 aromatic rings. The summed E-state index contributed by atoms with van der Waals surface area (Å²) in [5, 5.41) is 2.74. The molecule has 5 nitrogen and oxygen atoms in total. The number of carbonyl (C=O) groups is 3. The number of urea groups is 1. The van der Waals surface area contributed by atoms with E-state index in [1.165, 1.54) is 6.08 Å². The Morgan fingerprint density at radius 2 is 1.58 bits per heavy atom. The van der Waals surface area contributed by atoms with Crippen molar-refractivity contribution in [2.45, 2.75) is 6.92 Å². The molecule has 120 valence electrons. The number of benzene rings is 2. The molecule has 1 N–H and O–H groups in total. The van der Waals surface area contributed by atoms with E-state index in [2.05, 4.69) is 5.32 Å². The average molecular weight is 341 g/mol. The zero-order valence-corrected chi connectivity index (χ0v) is 13.5. The van der Waals surface area contributed by atoms with E-state index in [-0.39, 0.29) is 5.57 Å². The number of halogens is 1. The average Bonchev–Trinajstić information content (AvgIpc) is 2.55. The minimum absolute atomic E-state index is 0.113. The Morgan fingerprint density at radius 1 is 0.958 bits per heavy atom. The molecular formula is C18H13ClN2O3. The van der Waals surface area contributed by atoms with Gasteiger partial charge in [0.05, 0.1) is 5.69 Å². The van der Waals surface area contributed by atoms with Crippen LogP contribution >= 0.6 is 11.6 Å². The second-order valence-corrected chi connectivity index (χ2v) is 5.78. The van der Waals surface area contributed by atoms with E-state index in [4.69, 9.17) is 11.6 Å². The number of imide groups is 2. The van der Waals surface area contributed by atoms with E-state index >= 15 is 0 Å². The number of hydrogen-bond acceptors (Lipinski definition) is 3. The number of barbiturate groups is 1. The maximum Gasteiger partial charge on any atom is 0.335 e. The van der Waals surface area contributed by atoms with Crippen molar-refractivity contribution in [3.05, 3.63) is 70.3 Å². The molecule has 1 aliphatic rings. The monoisotopic (exact) mass is 340 g/mol. The van der Waals surface area contributed by atoms with Gasteiger partial charge in [-0.25, -0.2) is 9.69 Å². The van der Waals surface area contributed by atoms with Crippen molar-refractivity contribution in [3.63, 3.8) is 0 Å². The summed E-state index contributed by atoms with van der Waals surface area (Å²) in [7, 11) is 0. The third-order valence-corrected chi connectivity index (χ3v) is 3.83. The minimum Gasteiger partial charge on any atom is -0.273 e. The van der Waals surface area contributed by atoms with Gasteiger partial charge in [-0.05, 0) is 42.8 Å². The number of carbonyl (C=O) groups excluding carboxylic acids is 3. The molecule has 0 aromatic heterocycles. The van der Waals surface area contributed by atoms with Crippen LogP contribution in [-0.2, 0) is 9.59 Å². The molecule has 1 heterocycles. The highest BCUT2D eigenvalue weighted by atomic mass is 35.5. The zero-order valence-electron chi connectivity index (χ0n) is 12.7. The van der Waals surface area contributed by atoms with Crippen LogP contribution < -0.4 is 10.2 Å². The molecule has 1 saturated heterocycles. The summed E-state index contributed by atoms with van der Waals surface area (Å²) < 4.78 is 0. The maximum atomic E-state index is 12.7. The van der Waals surface area contributed by atoms with Crippen molar-refractivity contribution in [1.29, 1.82) is 0 Å². The number of hydrogen-bond donors (Lipinski definition) is 1. The molecular weight excluding hydrogens is 328 g/mol. The summed E-state index contributed by atoms with van der Waals surface area (Å²) >= 11 is 5.83. The molecule has 0 radical (unpaired) electrons. The lowest BCUT2D eigenvalue weighted by atomic mass is 10.1. The lowest BCUT2D eigenvalue weighted by Gasteiger charge is -2.26. The Morgan fingerprint density at radius 3 is 2.21 bits per heavy atom. The first-order chi connectivity index (χ1) is 11.5. The Balaban J connectivity index is 1.99. The Bertz CT molecular complexity index is 855.